The second-order valence-corrected chi connectivity index (χ2v) is 8.63. The van der Waals surface area contributed by atoms with Crippen LogP contribution in [0.3, 0.4) is 0 Å². The van der Waals surface area contributed by atoms with Gasteiger partial charge >= 0.3 is 0 Å². The lowest BCUT2D eigenvalue weighted by Gasteiger charge is -2.35. The summed E-state index contributed by atoms with van der Waals surface area (Å²) in [4.78, 5) is 44.2. The van der Waals surface area contributed by atoms with Gasteiger partial charge in [-0.3, -0.25) is 19.7 Å². The minimum Gasteiger partial charge on any atom is -0.337 e. The molecule has 10 nitrogen and oxygen atoms in total. The Labute approximate surface area is 206 Å². The molecule has 1 aliphatic heterocycles. The van der Waals surface area contributed by atoms with E-state index in [2.05, 4.69) is 10.1 Å². The maximum absolute atomic E-state index is 13.3. The first-order valence-electron chi connectivity index (χ1n) is 11.3. The minimum absolute atomic E-state index is 0.103. The minimum atomic E-state index is -0.527. The van der Waals surface area contributed by atoms with Gasteiger partial charge in [-0.25, -0.2) is 0 Å². The van der Waals surface area contributed by atoms with Crippen molar-refractivity contribution in [1.82, 2.24) is 19.9 Å². The monoisotopic (exact) mass is 497 g/mol. The number of hydrogen-bond acceptors (Lipinski definition) is 7. The Morgan fingerprint density at radius 3 is 2.69 bits per heavy atom. The maximum atomic E-state index is 13.3. The lowest BCUT2D eigenvalue weighted by atomic mass is 10.0. The molecular formula is C24H24ClN5O5. The highest BCUT2D eigenvalue weighted by atomic mass is 35.5. The SMILES string of the molecule is CCN(CC(=O)N1CCCCC1c1nc(-c2cccc(Cl)c2)no1)C(=O)c1ccc([N+](=O)[O-])cc1. The molecule has 1 unspecified atom stereocenters. The summed E-state index contributed by atoms with van der Waals surface area (Å²) >= 11 is 6.07. The van der Waals surface area contributed by atoms with Crippen molar-refractivity contribution in [2.45, 2.75) is 32.2 Å². The fraction of sp³-hybridized carbons (Fsp3) is 0.333. The second kappa shape index (κ2) is 10.6. The van der Waals surface area contributed by atoms with Crippen LogP contribution in [-0.4, -0.2) is 56.3 Å². The highest BCUT2D eigenvalue weighted by molar-refractivity contribution is 6.30. The number of nitro benzene ring substituents is 1. The molecule has 182 valence electrons. The number of piperidine rings is 1. The van der Waals surface area contributed by atoms with Gasteiger partial charge in [0.05, 0.1) is 4.92 Å². The van der Waals surface area contributed by atoms with Gasteiger partial charge in [-0.1, -0.05) is 28.9 Å². The van der Waals surface area contributed by atoms with E-state index in [1.807, 2.05) is 6.07 Å². The molecule has 3 aromatic rings. The van der Waals surface area contributed by atoms with E-state index in [1.165, 1.54) is 29.2 Å². The van der Waals surface area contributed by atoms with Gasteiger partial charge in [0.1, 0.15) is 12.6 Å². The van der Waals surface area contributed by atoms with Crippen LogP contribution in [0.4, 0.5) is 5.69 Å². The Bertz CT molecular complexity index is 1230. The predicted molar refractivity (Wildman–Crippen MR) is 128 cm³/mol. The zero-order chi connectivity index (χ0) is 24.9. The Kier molecular flexibility index (Phi) is 7.40. The number of nitrogens with zero attached hydrogens (tertiary/aromatic N) is 5. The van der Waals surface area contributed by atoms with Crippen molar-refractivity contribution in [2.75, 3.05) is 19.6 Å². The number of benzene rings is 2. The number of nitro groups is 1. The van der Waals surface area contributed by atoms with Gasteiger partial charge in [-0.05, 0) is 50.5 Å². The molecule has 2 heterocycles. The number of amides is 2. The summed E-state index contributed by atoms with van der Waals surface area (Å²) in [6.45, 7) is 2.47. The number of aromatic nitrogens is 2. The highest BCUT2D eigenvalue weighted by Gasteiger charge is 2.33. The Morgan fingerprint density at radius 2 is 2.00 bits per heavy atom. The van der Waals surface area contributed by atoms with Gasteiger partial charge in [0.15, 0.2) is 0 Å². The summed E-state index contributed by atoms with van der Waals surface area (Å²) in [5.74, 6) is 0.140. The quantitative estimate of drug-likeness (QED) is 0.347. The van der Waals surface area contributed by atoms with E-state index in [-0.39, 0.29) is 35.7 Å². The zero-order valence-electron chi connectivity index (χ0n) is 19.1. The largest absolute Gasteiger partial charge is 0.337 e. The highest BCUT2D eigenvalue weighted by Crippen LogP contribution is 2.31. The van der Waals surface area contributed by atoms with Crippen molar-refractivity contribution < 1.29 is 19.0 Å². The number of carbonyl (C=O) groups excluding carboxylic acids is 2. The van der Waals surface area contributed by atoms with Crippen LogP contribution in [0.25, 0.3) is 11.4 Å². The molecule has 4 rings (SSSR count). The molecule has 0 bridgehead atoms. The molecule has 1 fully saturated rings. The first-order valence-corrected chi connectivity index (χ1v) is 11.7. The van der Waals surface area contributed by atoms with Crippen molar-refractivity contribution in [2.24, 2.45) is 0 Å². The van der Waals surface area contributed by atoms with Crippen molar-refractivity contribution in [3.63, 3.8) is 0 Å². The molecule has 0 spiro atoms. The lowest BCUT2D eigenvalue weighted by molar-refractivity contribution is -0.384. The van der Waals surface area contributed by atoms with Gasteiger partial charge in [0.25, 0.3) is 11.6 Å². The number of non-ortho nitro benzene ring substituents is 1. The van der Waals surface area contributed by atoms with Gasteiger partial charge in [-0.2, -0.15) is 4.98 Å². The average molecular weight is 498 g/mol. The van der Waals surface area contributed by atoms with Crippen molar-refractivity contribution in [3.8, 4) is 11.4 Å². The standard InChI is InChI=1S/C24H24ClN5O5/c1-2-28(24(32)16-9-11-19(12-10-16)30(33)34)15-21(31)29-13-4-3-8-20(29)23-26-22(27-35-23)17-6-5-7-18(25)14-17/h5-7,9-12,14,20H,2-4,8,13,15H2,1H3. The van der Waals surface area contributed by atoms with Gasteiger partial charge in [-0.15, -0.1) is 0 Å². The fourth-order valence-corrected chi connectivity index (χ4v) is 4.28. The average Bonchev–Trinajstić information content (AvgIpc) is 3.37. The summed E-state index contributed by atoms with van der Waals surface area (Å²) < 4.78 is 5.52. The number of carbonyl (C=O) groups is 2. The second-order valence-electron chi connectivity index (χ2n) is 8.19. The third-order valence-corrected chi connectivity index (χ3v) is 6.19. The molecule has 35 heavy (non-hydrogen) atoms. The molecule has 0 aliphatic carbocycles. The molecule has 2 aromatic carbocycles. The van der Waals surface area contributed by atoms with Gasteiger partial charge in [0, 0.05) is 41.4 Å². The molecule has 1 aliphatic rings. The maximum Gasteiger partial charge on any atom is 0.269 e. The Hall–Kier alpha value is -3.79. The first kappa shape index (κ1) is 24.3. The van der Waals surface area contributed by atoms with E-state index < -0.39 is 4.92 Å². The van der Waals surface area contributed by atoms with Crippen LogP contribution >= 0.6 is 11.6 Å². The van der Waals surface area contributed by atoms with E-state index in [4.69, 9.17) is 16.1 Å². The zero-order valence-corrected chi connectivity index (χ0v) is 19.8. The summed E-state index contributed by atoms with van der Waals surface area (Å²) in [5.41, 5.74) is 0.893. The van der Waals surface area contributed by atoms with Crippen LogP contribution in [0.15, 0.2) is 53.1 Å². The van der Waals surface area contributed by atoms with Crippen molar-refractivity contribution in [1.29, 1.82) is 0 Å². The van der Waals surface area contributed by atoms with Crippen LogP contribution in [0.2, 0.25) is 5.02 Å². The number of likely N-dealkylation sites (N-methyl/N-ethyl adjacent to an activating group) is 1. The van der Waals surface area contributed by atoms with E-state index in [1.54, 1.807) is 30.0 Å². The molecule has 11 heteroatoms. The molecule has 0 N–H and O–H groups in total. The molecular weight excluding hydrogens is 474 g/mol. The first-order chi connectivity index (χ1) is 16.9. The number of hydrogen-bond donors (Lipinski definition) is 0. The molecule has 1 saturated heterocycles. The molecule has 0 saturated carbocycles. The lowest BCUT2D eigenvalue weighted by Crippen LogP contribution is -2.46. The van der Waals surface area contributed by atoms with Gasteiger partial charge in [0.2, 0.25) is 17.6 Å². The van der Waals surface area contributed by atoms with Crippen LogP contribution in [-0.2, 0) is 4.79 Å². The molecule has 2 amide bonds. The van der Waals surface area contributed by atoms with Gasteiger partial charge < -0.3 is 14.3 Å². The van der Waals surface area contributed by atoms with E-state index >= 15 is 0 Å². The number of halogens is 1. The van der Waals surface area contributed by atoms with Crippen molar-refractivity contribution >= 4 is 29.1 Å². The molecule has 0 radical (unpaired) electrons. The molecule has 1 aromatic heterocycles. The number of rotatable bonds is 7. The summed E-state index contributed by atoms with van der Waals surface area (Å²) in [6.07, 6.45) is 2.41. The normalized spacial score (nSPS) is 15.6. The van der Waals surface area contributed by atoms with E-state index in [9.17, 15) is 19.7 Å². The Balaban J connectivity index is 1.49. The van der Waals surface area contributed by atoms with Crippen LogP contribution in [0.5, 0.6) is 0 Å². The predicted octanol–water partition coefficient (Wildman–Crippen LogP) is 4.51. The summed E-state index contributed by atoms with van der Waals surface area (Å²) in [5, 5.41) is 15.5. The third kappa shape index (κ3) is 5.48. The van der Waals surface area contributed by atoms with Crippen molar-refractivity contribution in [3.05, 3.63) is 75.1 Å². The third-order valence-electron chi connectivity index (χ3n) is 5.95. The summed E-state index contributed by atoms with van der Waals surface area (Å²) in [7, 11) is 0. The Morgan fingerprint density at radius 1 is 1.23 bits per heavy atom. The number of likely N-dealkylation sites (tertiary alicyclic amines) is 1. The smallest absolute Gasteiger partial charge is 0.269 e. The van der Waals surface area contributed by atoms with E-state index in [0.29, 0.717) is 41.8 Å². The fourth-order valence-electron chi connectivity index (χ4n) is 4.09. The van der Waals surface area contributed by atoms with E-state index in [0.717, 1.165) is 12.8 Å². The van der Waals surface area contributed by atoms with Crippen LogP contribution < -0.4 is 0 Å². The van der Waals surface area contributed by atoms with Crippen LogP contribution in [0, 0.1) is 10.1 Å². The summed E-state index contributed by atoms with van der Waals surface area (Å²) in [6, 6.07) is 12.1. The topological polar surface area (TPSA) is 123 Å². The molecule has 1 atom stereocenters. The van der Waals surface area contributed by atoms with Crippen LogP contribution in [0.1, 0.15) is 48.5 Å².